The van der Waals surface area contributed by atoms with Gasteiger partial charge in [-0.1, -0.05) is 18.2 Å². The lowest BCUT2D eigenvalue weighted by Crippen LogP contribution is -2.33. The zero-order valence-electron chi connectivity index (χ0n) is 14.7. The first-order valence-corrected chi connectivity index (χ1v) is 8.82. The number of likely N-dealkylation sites (tertiary alicyclic amines) is 1. The van der Waals surface area contributed by atoms with E-state index in [-0.39, 0.29) is 5.75 Å². The van der Waals surface area contributed by atoms with Crippen LogP contribution in [0.15, 0.2) is 36.7 Å². The third-order valence-electron chi connectivity index (χ3n) is 4.79. The molecule has 0 N–H and O–H groups in total. The van der Waals surface area contributed by atoms with Gasteiger partial charge in [-0.05, 0) is 45.8 Å². The Hall–Kier alpha value is -1.95. The summed E-state index contributed by atoms with van der Waals surface area (Å²) in [5, 5.41) is 0. The van der Waals surface area contributed by atoms with Crippen LogP contribution in [-0.2, 0) is 6.54 Å². The van der Waals surface area contributed by atoms with Gasteiger partial charge in [0.05, 0.1) is 0 Å². The van der Waals surface area contributed by atoms with Crippen molar-refractivity contribution in [1.29, 1.82) is 0 Å². The number of rotatable bonds is 6. The second-order valence-electron chi connectivity index (χ2n) is 6.82. The minimum atomic E-state index is -2.79. The zero-order valence-corrected chi connectivity index (χ0v) is 14.7. The molecule has 1 aliphatic rings. The Kier molecular flexibility index (Phi) is 5.68. The second-order valence-corrected chi connectivity index (χ2v) is 6.82. The van der Waals surface area contributed by atoms with Crippen LogP contribution in [-0.4, -0.2) is 34.2 Å². The molecule has 1 aliphatic heterocycles. The highest BCUT2D eigenvalue weighted by molar-refractivity contribution is 5.33. The Morgan fingerprint density at radius 2 is 1.92 bits per heavy atom. The molecular weight excluding hydrogens is 324 g/mol. The molecular formula is C19H25F2N3O. The number of benzene rings is 1. The number of halogens is 2. The molecule has 0 spiro atoms. The van der Waals surface area contributed by atoms with E-state index in [0.29, 0.717) is 18.5 Å². The summed E-state index contributed by atoms with van der Waals surface area (Å²) in [6.45, 7) is 4.04. The van der Waals surface area contributed by atoms with Crippen LogP contribution < -0.4 is 4.74 Å². The smallest absolute Gasteiger partial charge is 0.387 e. The van der Waals surface area contributed by atoms with E-state index in [4.69, 9.17) is 0 Å². The molecule has 2 aromatic rings. The van der Waals surface area contributed by atoms with E-state index in [1.165, 1.54) is 0 Å². The fraction of sp³-hybridized carbons (Fsp3) is 0.526. The third-order valence-corrected chi connectivity index (χ3v) is 4.79. The van der Waals surface area contributed by atoms with E-state index in [1.807, 2.05) is 24.5 Å². The monoisotopic (exact) mass is 349 g/mol. The number of para-hydroxylation sites is 1. The molecule has 1 aromatic heterocycles. The first-order chi connectivity index (χ1) is 12.0. The van der Waals surface area contributed by atoms with Gasteiger partial charge in [0.25, 0.3) is 0 Å². The van der Waals surface area contributed by atoms with Crippen LogP contribution >= 0.6 is 0 Å². The number of hydrogen-bond donors (Lipinski definition) is 0. The SMILES string of the molecule is CC(C)n1ccnc1C1CCN(Cc2ccccc2OC(F)F)CC1. The molecule has 1 fully saturated rings. The van der Waals surface area contributed by atoms with Gasteiger partial charge in [0.15, 0.2) is 0 Å². The van der Waals surface area contributed by atoms with Crippen LogP contribution in [0.25, 0.3) is 0 Å². The lowest BCUT2D eigenvalue weighted by molar-refractivity contribution is -0.0508. The van der Waals surface area contributed by atoms with Crippen LogP contribution in [0.3, 0.4) is 0 Å². The van der Waals surface area contributed by atoms with E-state index in [0.717, 1.165) is 37.3 Å². The second kappa shape index (κ2) is 7.95. The number of alkyl halides is 2. The maximum atomic E-state index is 12.5. The first kappa shape index (κ1) is 17.9. The minimum Gasteiger partial charge on any atom is -0.434 e. The summed E-state index contributed by atoms with van der Waals surface area (Å²) < 4.78 is 32.0. The average Bonchev–Trinajstić information content (AvgIpc) is 3.07. The quantitative estimate of drug-likeness (QED) is 0.772. The summed E-state index contributed by atoms with van der Waals surface area (Å²) in [6.07, 6.45) is 5.98. The van der Waals surface area contributed by atoms with E-state index < -0.39 is 6.61 Å². The molecule has 2 heterocycles. The van der Waals surface area contributed by atoms with E-state index in [9.17, 15) is 8.78 Å². The molecule has 0 saturated carbocycles. The Labute approximate surface area is 147 Å². The predicted molar refractivity (Wildman–Crippen MR) is 92.9 cm³/mol. The molecule has 0 aliphatic carbocycles. The van der Waals surface area contributed by atoms with Crippen molar-refractivity contribution >= 4 is 0 Å². The van der Waals surface area contributed by atoms with E-state index in [1.54, 1.807) is 12.1 Å². The maximum Gasteiger partial charge on any atom is 0.387 e. The third kappa shape index (κ3) is 4.37. The van der Waals surface area contributed by atoms with Crippen molar-refractivity contribution in [1.82, 2.24) is 14.5 Å². The maximum absolute atomic E-state index is 12.5. The molecule has 136 valence electrons. The Balaban J connectivity index is 1.61. The number of imidazole rings is 1. The van der Waals surface area contributed by atoms with Crippen molar-refractivity contribution in [3.05, 3.63) is 48.0 Å². The minimum absolute atomic E-state index is 0.273. The van der Waals surface area contributed by atoms with E-state index >= 15 is 0 Å². The Morgan fingerprint density at radius 1 is 1.20 bits per heavy atom. The molecule has 1 aromatic carbocycles. The highest BCUT2D eigenvalue weighted by Crippen LogP contribution is 2.30. The first-order valence-electron chi connectivity index (χ1n) is 8.82. The van der Waals surface area contributed by atoms with Gasteiger partial charge in [0, 0.05) is 36.5 Å². The van der Waals surface area contributed by atoms with Gasteiger partial charge in [0.1, 0.15) is 11.6 Å². The molecule has 0 unspecified atom stereocenters. The predicted octanol–water partition coefficient (Wildman–Crippen LogP) is 4.45. The van der Waals surface area contributed by atoms with Crippen LogP contribution in [0, 0.1) is 0 Å². The van der Waals surface area contributed by atoms with Crippen molar-refractivity contribution < 1.29 is 13.5 Å². The summed E-state index contributed by atoms with van der Waals surface area (Å²) in [6, 6.07) is 7.45. The summed E-state index contributed by atoms with van der Waals surface area (Å²) in [5.74, 6) is 1.90. The standard InChI is InChI=1S/C19H25F2N3O/c1-14(2)24-12-9-22-18(24)15-7-10-23(11-8-15)13-16-5-3-4-6-17(16)25-19(20)21/h3-6,9,12,14-15,19H,7-8,10-11,13H2,1-2H3. The molecule has 25 heavy (non-hydrogen) atoms. The molecule has 0 amide bonds. The molecule has 0 bridgehead atoms. The number of aromatic nitrogens is 2. The Bertz CT molecular complexity index is 679. The molecule has 0 radical (unpaired) electrons. The van der Waals surface area contributed by atoms with Gasteiger partial charge in [0.2, 0.25) is 0 Å². The lowest BCUT2D eigenvalue weighted by Gasteiger charge is -2.32. The summed E-state index contributed by atoms with van der Waals surface area (Å²) in [4.78, 5) is 6.86. The van der Waals surface area contributed by atoms with Crippen molar-refractivity contribution in [2.24, 2.45) is 0 Å². The number of nitrogens with zero attached hydrogens (tertiary/aromatic N) is 3. The van der Waals surface area contributed by atoms with E-state index in [2.05, 4.69) is 33.0 Å². The van der Waals surface area contributed by atoms with Crippen LogP contribution in [0.1, 0.15) is 50.0 Å². The van der Waals surface area contributed by atoms with Crippen LogP contribution in [0.5, 0.6) is 5.75 Å². The van der Waals surface area contributed by atoms with Crippen LogP contribution in [0.4, 0.5) is 8.78 Å². The summed E-state index contributed by atoms with van der Waals surface area (Å²) in [7, 11) is 0. The molecule has 3 rings (SSSR count). The van der Waals surface area contributed by atoms with Gasteiger partial charge in [-0.15, -0.1) is 0 Å². The molecule has 0 atom stereocenters. The normalized spacial score (nSPS) is 16.7. The van der Waals surface area contributed by atoms with Gasteiger partial charge in [-0.2, -0.15) is 8.78 Å². The van der Waals surface area contributed by atoms with Crippen molar-refractivity contribution in [3.8, 4) is 5.75 Å². The highest BCUT2D eigenvalue weighted by atomic mass is 19.3. The van der Waals surface area contributed by atoms with Gasteiger partial charge >= 0.3 is 6.61 Å². The van der Waals surface area contributed by atoms with Gasteiger partial charge in [-0.25, -0.2) is 4.98 Å². The largest absolute Gasteiger partial charge is 0.434 e. The summed E-state index contributed by atoms with van der Waals surface area (Å²) >= 11 is 0. The number of hydrogen-bond acceptors (Lipinski definition) is 3. The number of piperidine rings is 1. The number of ether oxygens (including phenoxy) is 1. The fourth-order valence-corrected chi connectivity index (χ4v) is 3.51. The van der Waals surface area contributed by atoms with Crippen molar-refractivity contribution in [2.45, 2.75) is 51.8 Å². The highest BCUT2D eigenvalue weighted by Gasteiger charge is 2.25. The van der Waals surface area contributed by atoms with Gasteiger partial charge < -0.3 is 9.30 Å². The van der Waals surface area contributed by atoms with Crippen LogP contribution in [0.2, 0.25) is 0 Å². The Morgan fingerprint density at radius 3 is 2.60 bits per heavy atom. The molecule has 6 heteroatoms. The summed E-state index contributed by atoms with van der Waals surface area (Å²) in [5.41, 5.74) is 0.810. The fourth-order valence-electron chi connectivity index (χ4n) is 3.51. The lowest BCUT2D eigenvalue weighted by atomic mass is 9.95. The zero-order chi connectivity index (χ0) is 17.8. The van der Waals surface area contributed by atoms with Gasteiger partial charge in [-0.3, -0.25) is 4.90 Å². The average molecular weight is 349 g/mol. The molecule has 4 nitrogen and oxygen atoms in total. The van der Waals surface area contributed by atoms with Crippen molar-refractivity contribution in [3.63, 3.8) is 0 Å². The van der Waals surface area contributed by atoms with Crippen molar-refractivity contribution in [2.75, 3.05) is 13.1 Å². The topological polar surface area (TPSA) is 30.3 Å². The molecule has 1 saturated heterocycles.